The largest absolute Gasteiger partial charge is 0.327 e. The summed E-state index contributed by atoms with van der Waals surface area (Å²) in [4.78, 5) is 13.7. The van der Waals surface area contributed by atoms with Gasteiger partial charge in [0, 0.05) is 36.6 Å². The summed E-state index contributed by atoms with van der Waals surface area (Å²) in [5, 5.41) is 10.9. The second-order valence-corrected chi connectivity index (χ2v) is 6.00. The van der Waals surface area contributed by atoms with Gasteiger partial charge in [0.1, 0.15) is 0 Å². The first kappa shape index (κ1) is 13.5. The molecule has 0 aromatic carbocycles. The molecule has 2 heterocycles. The molecule has 2 atom stereocenters. The van der Waals surface area contributed by atoms with Crippen molar-refractivity contribution in [3.05, 3.63) is 27.1 Å². The molecule has 1 aromatic heterocycles. The third-order valence-electron chi connectivity index (χ3n) is 3.61. The predicted octanol–water partition coefficient (Wildman–Crippen LogP) is 2.22. The molecule has 1 saturated heterocycles. The standard InChI is InChI=1S/C12H19N3O2S/c1-2-9-7-14(6-5-11(9)13)8-10-3-4-12(18-10)15(16)17/h3-4,9,11H,2,5-8,13H2,1H3. The van der Waals surface area contributed by atoms with Gasteiger partial charge in [-0.05, 0) is 18.4 Å². The molecule has 1 aliphatic heterocycles. The SMILES string of the molecule is CCC1CN(Cc2ccc([N+](=O)[O-])s2)CCC1N. The first-order chi connectivity index (χ1) is 8.60. The fourth-order valence-corrected chi connectivity index (χ4v) is 3.33. The first-order valence-corrected chi connectivity index (χ1v) is 7.12. The van der Waals surface area contributed by atoms with Crippen molar-refractivity contribution in [2.45, 2.75) is 32.4 Å². The normalized spacial score (nSPS) is 25.2. The number of nitrogens with two attached hydrogens (primary N) is 1. The minimum Gasteiger partial charge on any atom is -0.327 e. The van der Waals surface area contributed by atoms with Crippen molar-refractivity contribution < 1.29 is 4.92 Å². The molecule has 0 radical (unpaired) electrons. The number of rotatable bonds is 4. The fourth-order valence-electron chi connectivity index (χ4n) is 2.47. The van der Waals surface area contributed by atoms with E-state index in [9.17, 15) is 10.1 Å². The lowest BCUT2D eigenvalue weighted by molar-refractivity contribution is -0.380. The van der Waals surface area contributed by atoms with E-state index in [0.29, 0.717) is 12.0 Å². The van der Waals surface area contributed by atoms with Crippen LogP contribution in [-0.2, 0) is 6.54 Å². The highest BCUT2D eigenvalue weighted by Gasteiger charge is 2.25. The van der Waals surface area contributed by atoms with Gasteiger partial charge < -0.3 is 5.73 Å². The molecule has 0 spiro atoms. The molecule has 2 unspecified atom stereocenters. The second-order valence-electron chi connectivity index (χ2n) is 4.85. The zero-order valence-corrected chi connectivity index (χ0v) is 11.4. The highest BCUT2D eigenvalue weighted by Crippen LogP contribution is 2.27. The van der Waals surface area contributed by atoms with Gasteiger partial charge in [0.15, 0.2) is 0 Å². The van der Waals surface area contributed by atoms with Gasteiger partial charge in [-0.2, -0.15) is 0 Å². The minimum atomic E-state index is -0.324. The molecule has 1 aromatic rings. The summed E-state index contributed by atoms with van der Waals surface area (Å²) in [7, 11) is 0. The Hall–Kier alpha value is -0.980. The third kappa shape index (κ3) is 3.07. The van der Waals surface area contributed by atoms with Crippen LogP contribution in [-0.4, -0.2) is 29.0 Å². The summed E-state index contributed by atoms with van der Waals surface area (Å²) in [6.45, 7) is 4.97. The predicted molar refractivity (Wildman–Crippen MR) is 72.6 cm³/mol. The molecule has 1 aliphatic rings. The molecule has 100 valence electrons. The van der Waals surface area contributed by atoms with Gasteiger partial charge >= 0.3 is 5.00 Å². The van der Waals surface area contributed by atoms with E-state index >= 15 is 0 Å². The van der Waals surface area contributed by atoms with E-state index in [1.807, 2.05) is 6.07 Å². The molecule has 0 bridgehead atoms. The Morgan fingerprint density at radius 3 is 3.00 bits per heavy atom. The van der Waals surface area contributed by atoms with E-state index < -0.39 is 0 Å². The van der Waals surface area contributed by atoms with Crippen molar-refractivity contribution in [2.24, 2.45) is 11.7 Å². The van der Waals surface area contributed by atoms with Crippen LogP contribution in [0, 0.1) is 16.0 Å². The Morgan fingerprint density at radius 2 is 2.39 bits per heavy atom. The van der Waals surface area contributed by atoms with Crippen LogP contribution in [0.4, 0.5) is 5.00 Å². The van der Waals surface area contributed by atoms with E-state index in [4.69, 9.17) is 5.73 Å². The van der Waals surface area contributed by atoms with Gasteiger partial charge in [-0.15, -0.1) is 0 Å². The zero-order valence-electron chi connectivity index (χ0n) is 10.5. The summed E-state index contributed by atoms with van der Waals surface area (Å²) < 4.78 is 0. The number of nitro groups is 1. The molecule has 1 fully saturated rings. The summed E-state index contributed by atoms with van der Waals surface area (Å²) in [5.41, 5.74) is 6.08. The van der Waals surface area contributed by atoms with Crippen LogP contribution in [0.25, 0.3) is 0 Å². The van der Waals surface area contributed by atoms with Gasteiger partial charge in [-0.3, -0.25) is 15.0 Å². The van der Waals surface area contributed by atoms with Crippen LogP contribution in [0.2, 0.25) is 0 Å². The van der Waals surface area contributed by atoms with Crippen molar-refractivity contribution in [2.75, 3.05) is 13.1 Å². The van der Waals surface area contributed by atoms with Crippen molar-refractivity contribution in [3.63, 3.8) is 0 Å². The molecule has 5 nitrogen and oxygen atoms in total. The van der Waals surface area contributed by atoms with E-state index in [0.717, 1.165) is 37.4 Å². The number of hydrogen-bond donors (Lipinski definition) is 1. The van der Waals surface area contributed by atoms with Gasteiger partial charge in [0.2, 0.25) is 0 Å². The number of piperidine rings is 1. The van der Waals surface area contributed by atoms with Crippen molar-refractivity contribution in [1.29, 1.82) is 0 Å². The topological polar surface area (TPSA) is 72.4 Å². The molecular weight excluding hydrogens is 250 g/mol. The van der Waals surface area contributed by atoms with Crippen LogP contribution in [0.1, 0.15) is 24.6 Å². The fraction of sp³-hybridized carbons (Fsp3) is 0.667. The number of nitrogens with zero attached hydrogens (tertiary/aromatic N) is 2. The summed E-state index contributed by atoms with van der Waals surface area (Å²) in [6.07, 6.45) is 2.12. The first-order valence-electron chi connectivity index (χ1n) is 6.31. The maximum atomic E-state index is 10.6. The van der Waals surface area contributed by atoms with Crippen LogP contribution in [0.3, 0.4) is 0 Å². The van der Waals surface area contributed by atoms with Crippen molar-refractivity contribution in [3.8, 4) is 0 Å². The molecule has 2 N–H and O–H groups in total. The smallest absolute Gasteiger partial charge is 0.324 e. The highest BCUT2D eigenvalue weighted by molar-refractivity contribution is 7.15. The van der Waals surface area contributed by atoms with Gasteiger partial charge in [-0.1, -0.05) is 24.7 Å². The van der Waals surface area contributed by atoms with Gasteiger partial charge in [-0.25, -0.2) is 0 Å². The van der Waals surface area contributed by atoms with Crippen molar-refractivity contribution in [1.82, 2.24) is 4.90 Å². The van der Waals surface area contributed by atoms with E-state index in [-0.39, 0.29) is 9.92 Å². The Morgan fingerprint density at radius 1 is 1.61 bits per heavy atom. The van der Waals surface area contributed by atoms with Crippen LogP contribution < -0.4 is 5.73 Å². The molecule has 0 aliphatic carbocycles. The molecular formula is C12H19N3O2S. The average molecular weight is 269 g/mol. The van der Waals surface area contributed by atoms with E-state index in [1.54, 1.807) is 6.07 Å². The maximum absolute atomic E-state index is 10.6. The third-order valence-corrected chi connectivity index (χ3v) is 4.63. The van der Waals surface area contributed by atoms with E-state index in [1.165, 1.54) is 11.3 Å². The summed E-state index contributed by atoms with van der Waals surface area (Å²) >= 11 is 1.27. The second kappa shape index (κ2) is 5.77. The Bertz CT molecular complexity index is 421. The number of thiophene rings is 1. The molecule has 2 rings (SSSR count). The molecule has 18 heavy (non-hydrogen) atoms. The Labute approximate surface area is 111 Å². The van der Waals surface area contributed by atoms with Gasteiger partial charge in [0.05, 0.1) is 4.92 Å². The molecule has 6 heteroatoms. The van der Waals surface area contributed by atoms with Crippen LogP contribution in [0.5, 0.6) is 0 Å². The minimum absolute atomic E-state index is 0.228. The number of hydrogen-bond acceptors (Lipinski definition) is 5. The Balaban J connectivity index is 1.94. The van der Waals surface area contributed by atoms with Crippen LogP contribution in [0.15, 0.2) is 12.1 Å². The Kier molecular flexibility index (Phi) is 4.31. The summed E-state index contributed by atoms with van der Waals surface area (Å²) in [6, 6.07) is 3.76. The summed E-state index contributed by atoms with van der Waals surface area (Å²) in [5.74, 6) is 0.550. The van der Waals surface area contributed by atoms with Crippen molar-refractivity contribution >= 4 is 16.3 Å². The quantitative estimate of drug-likeness (QED) is 0.672. The van der Waals surface area contributed by atoms with Gasteiger partial charge in [0.25, 0.3) is 0 Å². The maximum Gasteiger partial charge on any atom is 0.324 e. The van der Waals surface area contributed by atoms with Crippen LogP contribution >= 0.6 is 11.3 Å². The number of likely N-dealkylation sites (tertiary alicyclic amines) is 1. The zero-order chi connectivity index (χ0) is 13.1. The van der Waals surface area contributed by atoms with E-state index in [2.05, 4.69) is 11.8 Å². The molecule has 0 amide bonds. The lowest BCUT2D eigenvalue weighted by atomic mass is 9.91. The highest BCUT2D eigenvalue weighted by atomic mass is 32.1. The molecule has 0 saturated carbocycles. The monoisotopic (exact) mass is 269 g/mol. The lowest BCUT2D eigenvalue weighted by Crippen LogP contribution is -2.46. The lowest BCUT2D eigenvalue weighted by Gasteiger charge is -2.36. The average Bonchev–Trinajstić information content (AvgIpc) is 2.80.